The average Bonchev–Trinajstić information content (AvgIpc) is 2.86. The fourth-order valence-corrected chi connectivity index (χ4v) is 3.06. The van der Waals surface area contributed by atoms with E-state index in [0.29, 0.717) is 6.04 Å². The van der Waals surface area contributed by atoms with Gasteiger partial charge in [0.15, 0.2) is 0 Å². The molecular weight excluding hydrogens is 252 g/mol. The molecule has 0 aliphatic rings. The molecule has 0 radical (unpaired) electrons. The normalized spacial score (nSPS) is 12.5. The fourth-order valence-electron chi connectivity index (χ4n) is 2.35. The van der Waals surface area contributed by atoms with E-state index < -0.39 is 0 Å². The van der Waals surface area contributed by atoms with Crippen molar-refractivity contribution in [2.75, 3.05) is 5.32 Å². The van der Waals surface area contributed by atoms with E-state index in [4.69, 9.17) is 0 Å². The van der Waals surface area contributed by atoms with E-state index in [9.17, 15) is 0 Å². The van der Waals surface area contributed by atoms with Crippen molar-refractivity contribution in [3.8, 4) is 0 Å². The minimum Gasteiger partial charge on any atom is -0.378 e. The summed E-state index contributed by atoms with van der Waals surface area (Å²) in [5.74, 6) is 0. The number of thiazole rings is 1. The molecule has 2 nitrogen and oxygen atoms in total. The molecule has 0 saturated heterocycles. The van der Waals surface area contributed by atoms with Gasteiger partial charge in [-0.3, -0.25) is 0 Å². The Morgan fingerprint density at radius 3 is 2.84 bits per heavy atom. The van der Waals surface area contributed by atoms with Gasteiger partial charge in [-0.2, -0.15) is 0 Å². The standard InChI is InChI=1S/C16H16N2S/c1-11-5-3-4-6-14(11)12(2)18-13-7-8-15-16(9-13)19-10-17-15/h3-10,12,18H,1-2H3. The Labute approximate surface area is 117 Å². The number of nitrogens with zero attached hydrogens (tertiary/aromatic N) is 1. The molecule has 1 atom stereocenters. The van der Waals surface area contributed by atoms with E-state index in [1.54, 1.807) is 11.3 Å². The van der Waals surface area contributed by atoms with Crippen LogP contribution in [0.3, 0.4) is 0 Å². The Balaban J connectivity index is 1.86. The molecule has 3 rings (SSSR count). The Hall–Kier alpha value is -1.87. The second kappa shape index (κ2) is 5.02. The third kappa shape index (κ3) is 2.47. The summed E-state index contributed by atoms with van der Waals surface area (Å²) in [5.41, 5.74) is 6.76. The van der Waals surface area contributed by atoms with Crippen molar-refractivity contribution in [3.05, 3.63) is 59.1 Å². The molecule has 0 fully saturated rings. The molecule has 0 aliphatic heterocycles. The smallest absolute Gasteiger partial charge is 0.0813 e. The lowest BCUT2D eigenvalue weighted by Gasteiger charge is -2.17. The fraction of sp³-hybridized carbons (Fsp3) is 0.188. The lowest BCUT2D eigenvalue weighted by Crippen LogP contribution is -2.07. The molecule has 1 heterocycles. The molecule has 1 aromatic heterocycles. The number of fused-ring (bicyclic) bond motifs is 1. The summed E-state index contributed by atoms with van der Waals surface area (Å²) in [6.45, 7) is 4.35. The van der Waals surface area contributed by atoms with Crippen LogP contribution < -0.4 is 5.32 Å². The highest BCUT2D eigenvalue weighted by atomic mass is 32.1. The average molecular weight is 268 g/mol. The first-order chi connectivity index (χ1) is 9.24. The quantitative estimate of drug-likeness (QED) is 0.739. The Bertz CT molecular complexity index is 703. The molecule has 0 saturated carbocycles. The van der Waals surface area contributed by atoms with Crippen molar-refractivity contribution >= 4 is 27.2 Å². The largest absolute Gasteiger partial charge is 0.378 e. The Morgan fingerprint density at radius 2 is 2.00 bits per heavy atom. The van der Waals surface area contributed by atoms with Crippen LogP contribution in [0.5, 0.6) is 0 Å². The SMILES string of the molecule is Cc1ccccc1C(C)Nc1ccc2ncsc2c1. The zero-order chi connectivity index (χ0) is 13.2. The molecule has 2 aromatic carbocycles. The first-order valence-corrected chi connectivity index (χ1v) is 7.27. The number of hydrogen-bond donors (Lipinski definition) is 1. The molecule has 1 unspecified atom stereocenters. The Kier molecular flexibility index (Phi) is 3.22. The van der Waals surface area contributed by atoms with Crippen LogP contribution in [-0.4, -0.2) is 4.98 Å². The van der Waals surface area contributed by atoms with Gasteiger partial charge >= 0.3 is 0 Å². The zero-order valence-corrected chi connectivity index (χ0v) is 11.9. The molecular formula is C16H16N2S. The molecule has 96 valence electrons. The van der Waals surface area contributed by atoms with E-state index in [1.807, 2.05) is 5.51 Å². The Morgan fingerprint density at radius 1 is 1.16 bits per heavy atom. The molecule has 0 spiro atoms. The van der Waals surface area contributed by atoms with Gasteiger partial charge in [-0.15, -0.1) is 11.3 Å². The highest BCUT2D eigenvalue weighted by molar-refractivity contribution is 7.16. The van der Waals surface area contributed by atoms with Crippen molar-refractivity contribution in [1.29, 1.82) is 0 Å². The summed E-state index contributed by atoms with van der Waals surface area (Å²) in [6, 6.07) is 15.1. The van der Waals surface area contributed by atoms with Crippen molar-refractivity contribution in [2.45, 2.75) is 19.9 Å². The highest BCUT2D eigenvalue weighted by Gasteiger charge is 2.08. The third-order valence-corrected chi connectivity index (χ3v) is 4.16. The number of anilines is 1. The first-order valence-electron chi connectivity index (χ1n) is 6.39. The maximum absolute atomic E-state index is 4.30. The molecule has 3 heteroatoms. The lowest BCUT2D eigenvalue weighted by molar-refractivity contribution is 0.875. The van der Waals surface area contributed by atoms with Gasteiger partial charge < -0.3 is 5.32 Å². The van der Waals surface area contributed by atoms with Gasteiger partial charge in [-0.25, -0.2) is 4.98 Å². The monoisotopic (exact) mass is 268 g/mol. The number of nitrogens with one attached hydrogen (secondary N) is 1. The van der Waals surface area contributed by atoms with Gasteiger partial charge in [0, 0.05) is 11.7 Å². The molecule has 3 aromatic rings. The zero-order valence-electron chi connectivity index (χ0n) is 11.1. The number of hydrogen-bond acceptors (Lipinski definition) is 3. The molecule has 0 amide bonds. The number of aryl methyl sites for hydroxylation is 1. The van der Waals surface area contributed by atoms with Gasteiger partial charge in [-0.05, 0) is 43.2 Å². The van der Waals surface area contributed by atoms with Crippen LogP contribution in [-0.2, 0) is 0 Å². The molecule has 19 heavy (non-hydrogen) atoms. The van der Waals surface area contributed by atoms with Crippen LogP contribution in [0.1, 0.15) is 24.1 Å². The predicted octanol–water partition coefficient (Wildman–Crippen LogP) is 4.78. The summed E-state index contributed by atoms with van der Waals surface area (Å²) in [5, 5.41) is 3.56. The van der Waals surface area contributed by atoms with Gasteiger partial charge in [0.1, 0.15) is 0 Å². The van der Waals surface area contributed by atoms with E-state index in [0.717, 1.165) is 11.2 Å². The van der Waals surface area contributed by atoms with Crippen LogP contribution in [0.4, 0.5) is 5.69 Å². The van der Waals surface area contributed by atoms with Crippen LogP contribution >= 0.6 is 11.3 Å². The summed E-state index contributed by atoms with van der Waals surface area (Å²) in [6.07, 6.45) is 0. The maximum atomic E-state index is 4.30. The summed E-state index contributed by atoms with van der Waals surface area (Å²) in [4.78, 5) is 4.30. The van der Waals surface area contributed by atoms with Gasteiger partial charge in [0.25, 0.3) is 0 Å². The van der Waals surface area contributed by atoms with Crippen molar-refractivity contribution in [2.24, 2.45) is 0 Å². The summed E-state index contributed by atoms with van der Waals surface area (Å²) >= 11 is 1.68. The van der Waals surface area contributed by atoms with Gasteiger partial charge in [0.05, 0.1) is 15.7 Å². The third-order valence-electron chi connectivity index (χ3n) is 3.37. The number of rotatable bonds is 3. The van der Waals surface area contributed by atoms with E-state index in [2.05, 4.69) is 66.6 Å². The van der Waals surface area contributed by atoms with Crippen LogP contribution in [0.2, 0.25) is 0 Å². The van der Waals surface area contributed by atoms with Crippen molar-refractivity contribution in [3.63, 3.8) is 0 Å². The second-order valence-corrected chi connectivity index (χ2v) is 5.64. The van der Waals surface area contributed by atoms with E-state index in [1.165, 1.54) is 15.8 Å². The lowest BCUT2D eigenvalue weighted by atomic mass is 10.0. The first kappa shape index (κ1) is 12.2. The second-order valence-electron chi connectivity index (χ2n) is 4.76. The van der Waals surface area contributed by atoms with Crippen LogP contribution in [0, 0.1) is 6.92 Å². The van der Waals surface area contributed by atoms with Crippen molar-refractivity contribution < 1.29 is 0 Å². The van der Waals surface area contributed by atoms with Crippen LogP contribution in [0.15, 0.2) is 48.0 Å². The summed E-state index contributed by atoms with van der Waals surface area (Å²) < 4.78 is 1.22. The van der Waals surface area contributed by atoms with Gasteiger partial charge in [0.2, 0.25) is 0 Å². The molecule has 1 N–H and O–H groups in total. The van der Waals surface area contributed by atoms with E-state index >= 15 is 0 Å². The molecule has 0 bridgehead atoms. The van der Waals surface area contributed by atoms with Gasteiger partial charge in [-0.1, -0.05) is 24.3 Å². The topological polar surface area (TPSA) is 24.9 Å². The summed E-state index contributed by atoms with van der Waals surface area (Å²) in [7, 11) is 0. The number of aromatic nitrogens is 1. The highest BCUT2D eigenvalue weighted by Crippen LogP contribution is 2.26. The minimum atomic E-state index is 0.298. The predicted molar refractivity (Wildman–Crippen MR) is 82.8 cm³/mol. The number of benzene rings is 2. The van der Waals surface area contributed by atoms with E-state index in [-0.39, 0.29) is 0 Å². The van der Waals surface area contributed by atoms with Crippen molar-refractivity contribution in [1.82, 2.24) is 4.98 Å². The minimum absolute atomic E-state index is 0.298. The van der Waals surface area contributed by atoms with Crippen LogP contribution in [0.25, 0.3) is 10.2 Å². The molecule has 0 aliphatic carbocycles. The maximum Gasteiger partial charge on any atom is 0.0813 e.